The molecule has 0 amide bonds. The van der Waals surface area contributed by atoms with Crippen molar-refractivity contribution < 1.29 is 3.17 Å². The summed E-state index contributed by atoms with van der Waals surface area (Å²) in [6.45, 7) is 5.53. The van der Waals surface area contributed by atoms with Gasteiger partial charge in [-0.1, -0.05) is 6.42 Å². The van der Waals surface area contributed by atoms with Crippen LogP contribution in [-0.2, 0) is 3.17 Å². The lowest BCUT2D eigenvalue weighted by Gasteiger charge is -2.39. The average molecular weight is 255 g/mol. The third-order valence-electron chi connectivity index (χ3n) is 2.16. The zero-order valence-electron chi connectivity index (χ0n) is 6.56. The number of piperidine rings is 1. The fourth-order valence-electron chi connectivity index (χ4n) is 1.37. The topological polar surface area (TPSA) is 12.5 Å². The number of hydroxylamine groups is 2. The highest BCUT2D eigenvalue weighted by molar-refractivity contribution is 14.1. The van der Waals surface area contributed by atoms with Crippen LogP contribution in [0, 0.1) is 0 Å². The summed E-state index contributed by atoms with van der Waals surface area (Å²) in [6, 6.07) is 0. The molecular formula is C7H14INO. The van der Waals surface area contributed by atoms with E-state index in [1.807, 2.05) is 23.0 Å². The SMILES string of the molecule is CC1(C)CCCCN1OI. The average Bonchev–Trinajstić information content (AvgIpc) is 1.87. The van der Waals surface area contributed by atoms with Gasteiger partial charge in [0.15, 0.2) is 0 Å². The molecule has 0 atom stereocenters. The van der Waals surface area contributed by atoms with E-state index in [9.17, 15) is 0 Å². The lowest BCUT2D eigenvalue weighted by atomic mass is 9.93. The molecule has 10 heavy (non-hydrogen) atoms. The monoisotopic (exact) mass is 255 g/mol. The summed E-state index contributed by atoms with van der Waals surface area (Å²) in [4.78, 5) is 0. The first-order valence-corrected chi connectivity index (χ1v) is 4.61. The maximum atomic E-state index is 5.21. The maximum Gasteiger partial charge on any atom is 0.137 e. The third kappa shape index (κ3) is 1.83. The van der Waals surface area contributed by atoms with Crippen LogP contribution >= 0.6 is 23.0 Å². The fourth-order valence-corrected chi connectivity index (χ4v) is 2.10. The van der Waals surface area contributed by atoms with Gasteiger partial charge < -0.3 is 0 Å². The minimum absolute atomic E-state index is 0.249. The molecule has 1 heterocycles. The molecule has 1 rings (SSSR count). The lowest BCUT2D eigenvalue weighted by molar-refractivity contribution is -0.116. The van der Waals surface area contributed by atoms with Gasteiger partial charge in [0.25, 0.3) is 0 Å². The number of nitrogens with zero attached hydrogens (tertiary/aromatic N) is 1. The minimum Gasteiger partial charge on any atom is -0.229 e. The molecule has 0 unspecified atom stereocenters. The smallest absolute Gasteiger partial charge is 0.137 e. The molecule has 0 aromatic heterocycles. The molecule has 0 spiro atoms. The number of halogens is 1. The van der Waals surface area contributed by atoms with Gasteiger partial charge in [0.05, 0.1) is 0 Å². The Labute approximate surface area is 76.6 Å². The fraction of sp³-hybridized carbons (Fsp3) is 1.00. The Balaban J connectivity index is 2.51. The normalized spacial score (nSPS) is 26.7. The van der Waals surface area contributed by atoms with Gasteiger partial charge in [-0.2, -0.15) is 5.06 Å². The summed E-state index contributed by atoms with van der Waals surface area (Å²) in [5, 5.41) is 2.07. The predicted octanol–water partition coefficient (Wildman–Crippen LogP) is 2.53. The van der Waals surface area contributed by atoms with Gasteiger partial charge in [-0.15, -0.1) is 0 Å². The Morgan fingerprint density at radius 1 is 1.40 bits per heavy atom. The van der Waals surface area contributed by atoms with Gasteiger partial charge in [-0.05, 0) is 26.7 Å². The van der Waals surface area contributed by atoms with Crippen LogP contribution in [0.3, 0.4) is 0 Å². The van der Waals surface area contributed by atoms with Crippen molar-refractivity contribution in [2.45, 2.75) is 38.6 Å². The zero-order chi connectivity index (χ0) is 7.61. The number of hydrogen-bond donors (Lipinski definition) is 0. The highest BCUT2D eigenvalue weighted by Crippen LogP contribution is 2.28. The Morgan fingerprint density at radius 3 is 2.50 bits per heavy atom. The molecule has 0 aromatic rings. The first kappa shape index (κ1) is 8.74. The summed E-state index contributed by atoms with van der Waals surface area (Å²) in [5.41, 5.74) is 0.249. The molecule has 1 aliphatic rings. The highest BCUT2D eigenvalue weighted by atomic mass is 127. The van der Waals surface area contributed by atoms with Crippen molar-refractivity contribution in [3.63, 3.8) is 0 Å². The second-order valence-corrected chi connectivity index (χ2v) is 3.83. The second kappa shape index (κ2) is 3.36. The van der Waals surface area contributed by atoms with Crippen LogP contribution in [0.1, 0.15) is 33.1 Å². The van der Waals surface area contributed by atoms with Crippen LogP contribution in [0.4, 0.5) is 0 Å². The molecule has 1 fully saturated rings. The van der Waals surface area contributed by atoms with Crippen LogP contribution in [0.15, 0.2) is 0 Å². The molecule has 1 saturated heterocycles. The number of hydrogen-bond acceptors (Lipinski definition) is 2. The third-order valence-corrected chi connectivity index (χ3v) is 2.63. The van der Waals surface area contributed by atoms with E-state index in [1.165, 1.54) is 19.3 Å². The summed E-state index contributed by atoms with van der Waals surface area (Å²) >= 11 is 1.96. The van der Waals surface area contributed by atoms with Crippen molar-refractivity contribution in [1.29, 1.82) is 0 Å². The Morgan fingerprint density at radius 2 is 2.10 bits per heavy atom. The molecule has 0 radical (unpaired) electrons. The standard InChI is InChI=1S/C7H14INO/c1-7(2)5-3-4-6-9(7)10-8/h3-6H2,1-2H3. The molecule has 2 nitrogen and oxygen atoms in total. The first-order chi connectivity index (χ1) is 4.67. The van der Waals surface area contributed by atoms with Crippen molar-refractivity contribution in [3.8, 4) is 0 Å². The van der Waals surface area contributed by atoms with E-state index in [2.05, 4.69) is 18.9 Å². The van der Waals surface area contributed by atoms with Crippen molar-refractivity contribution >= 4 is 23.0 Å². The lowest BCUT2D eigenvalue weighted by Crippen LogP contribution is -2.45. The number of rotatable bonds is 1. The van der Waals surface area contributed by atoms with E-state index in [4.69, 9.17) is 3.17 Å². The molecular weight excluding hydrogens is 241 g/mol. The highest BCUT2D eigenvalue weighted by Gasteiger charge is 2.30. The summed E-state index contributed by atoms with van der Waals surface area (Å²) in [6.07, 6.45) is 3.85. The van der Waals surface area contributed by atoms with E-state index in [-0.39, 0.29) is 5.54 Å². The van der Waals surface area contributed by atoms with E-state index in [0.29, 0.717) is 0 Å². The van der Waals surface area contributed by atoms with Crippen LogP contribution in [0.2, 0.25) is 0 Å². The van der Waals surface area contributed by atoms with Gasteiger partial charge in [-0.25, -0.2) is 3.17 Å². The van der Waals surface area contributed by atoms with E-state index < -0.39 is 0 Å². The largest absolute Gasteiger partial charge is 0.229 e. The predicted molar refractivity (Wildman–Crippen MR) is 49.7 cm³/mol. The van der Waals surface area contributed by atoms with Crippen LogP contribution in [0.5, 0.6) is 0 Å². The summed E-state index contributed by atoms with van der Waals surface area (Å²) < 4.78 is 5.21. The molecule has 1 aliphatic heterocycles. The van der Waals surface area contributed by atoms with Crippen LogP contribution < -0.4 is 0 Å². The van der Waals surface area contributed by atoms with Gasteiger partial charge in [0, 0.05) is 12.1 Å². The molecule has 0 saturated carbocycles. The molecule has 60 valence electrons. The van der Waals surface area contributed by atoms with E-state index in [1.54, 1.807) is 0 Å². The van der Waals surface area contributed by atoms with Crippen molar-refractivity contribution in [3.05, 3.63) is 0 Å². The zero-order valence-corrected chi connectivity index (χ0v) is 8.72. The minimum atomic E-state index is 0.249. The van der Waals surface area contributed by atoms with Crippen molar-refractivity contribution in [1.82, 2.24) is 5.06 Å². The quantitative estimate of drug-likeness (QED) is 0.667. The van der Waals surface area contributed by atoms with E-state index >= 15 is 0 Å². The Bertz CT molecular complexity index is 116. The van der Waals surface area contributed by atoms with Gasteiger partial charge >= 0.3 is 0 Å². The van der Waals surface area contributed by atoms with Crippen LogP contribution in [-0.4, -0.2) is 17.1 Å². The molecule has 3 heteroatoms. The molecule has 0 aromatic carbocycles. The summed E-state index contributed by atoms with van der Waals surface area (Å²) in [7, 11) is 0. The van der Waals surface area contributed by atoms with Gasteiger partial charge in [-0.3, -0.25) is 0 Å². The summed E-state index contributed by atoms with van der Waals surface area (Å²) in [5.74, 6) is 0. The maximum absolute atomic E-state index is 5.21. The van der Waals surface area contributed by atoms with Crippen molar-refractivity contribution in [2.75, 3.05) is 6.54 Å². The van der Waals surface area contributed by atoms with Gasteiger partial charge in [0.2, 0.25) is 0 Å². The first-order valence-electron chi connectivity index (χ1n) is 3.73. The van der Waals surface area contributed by atoms with Crippen molar-refractivity contribution in [2.24, 2.45) is 0 Å². The molecule has 0 bridgehead atoms. The van der Waals surface area contributed by atoms with E-state index in [0.717, 1.165) is 6.54 Å². The second-order valence-electron chi connectivity index (χ2n) is 3.44. The molecule has 0 aliphatic carbocycles. The van der Waals surface area contributed by atoms with Crippen LogP contribution in [0.25, 0.3) is 0 Å². The van der Waals surface area contributed by atoms with Gasteiger partial charge in [0.1, 0.15) is 23.0 Å². The molecule has 0 N–H and O–H groups in total. The Kier molecular flexibility index (Phi) is 2.94. The Hall–Kier alpha value is 0.650.